The van der Waals surface area contributed by atoms with Gasteiger partial charge in [0.25, 0.3) is 0 Å². The first-order valence-corrected chi connectivity index (χ1v) is 8.52. The Morgan fingerprint density at radius 1 is 0.962 bits per heavy atom. The van der Waals surface area contributed by atoms with Crippen LogP contribution in [-0.2, 0) is 22.4 Å². The molecule has 3 rings (SSSR count). The molecular weight excluding hydrogens is 328 g/mol. The third-order valence-corrected chi connectivity index (χ3v) is 4.19. The third kappa shape index (κ3) is 4.66. The van der Waals surface area contributed by atoms with E-state index in [-0.39, 0.29) is 18.7 Å². The van der Waals surface area contributed by atoms with Crippen LogP contribution in [0.2, 0.25) is 0 Å². The summed E-state index contributed by atoms with van der Waals surface area (Å²) in [7, 11) is 0. The minimum absolute atomic E-state index is 0.150. The summed E-state index contributed by atoms with van der Waals surface area (Å²) in [5.41, 5.74) is 2.50. The van der Waals surface area contributed by atoms with Crippen LogP contribution in [0.3, 0.4) is 0 Å². The second-order valence-electron chi connectivity index (χ2n) is 6.14. The lowest BCUT2D eigenvalue weighted by Gasteiger charge is -2.14. The summed E-state index contributed by atoms with van der Waals surface area (Å²) < 4.78 is 0. The Hall–Kier alpha value is -3.21. The number of amides is 1. The smallest absolute Gasteiger partial charge is 0.326 e. The zero-order chi connectivity index (χ0) is 18.4. The van der Waals surface area contributed by atoms with E-state index in [0.717, 1.165) is 16.5 Å². The number of benzene rings is 2. The van der Waals surface area contributed by atoms with Crippen molar-refractivity contribution in [2.24, 2.45) is 0 Å². The van der Waals surface area contributed by atoms with Crippen molar-refractivity contribution in [1.82, 2.24) is 10.3 Å². The molecule has 5 nitrogen and oxygen atoms in total. The standard InChI is InChI=1S/C21H20N2O3/c24-20(13-10-15-6-2-1-3-7-15)23-19(21(25)26)14-17-12-11-16-8-4-5-9-18(16)22-17/h1-9,11-12,19H,10,13-14H2,(H,23,24)(H,25,26)/t19-/m1/s1. The highest BCUT2D eigenvalue weighted by Gasteiger charge is 2.21. The number of carboxylic acid groups (broad SMARTS) is 1. The predicted molar refractivity (Wildman–Crippen MR) is 99.8 cm³/mol. The molecule has 0 aliphatic rings. The number of rotatable bonds is 7. The number of aryl methyl sites for hydroxylation is 1. The van der Waals surface area contributed by atoms with Gasteiger partial charge in [0, 0.05) is 23.9 Å². The molecule has 26 heavy (non-hydrogen) atoms. The summed E-state index contributed by atoms with van der Waals surface area (Å²) in [5, 5.41) is 13.0. The van der Waals surface area contributed by atoms with Crippen LogP contribution >= 0.6 is 0 Å². The molecule has 0 bridgehead atoms. The molecule has 0 spiro atoms. The normalized spacial score (nSPS) is 11.8. The molecule has 132 valence electrons. The van der Waals surface area contributed by atoms with Gasteiger partial charge in [0.05, 0.1) is 5.52 Å². The maximum absolute atomic E-state index is 12.1. The van der Waals surface area contributed by atoms with E-state index in [9.17, 15) is 14.7 Å². The van der Waals surface area contributed by atoms with Gasteiger partial charge in [-0.3, -0.25) is 9.78 Å². The maximum Gasteiger partial charge on any atom is 0.326 e. The maximum atomic E-state index is 12.1. The number of hydrogen-bond donors (Lipinski definition) is 2. The number of aromatic nitrogens is 1. The van der Waals surface area contributed by atoms with Gasteiger partial charge in [-0.15, -0.1) is 0 Å². The molecule has 1 aromatic heterocycles. The van der Waals surface area contributed by atoms with Crippen LogP contribution in [0.5, 0.6) is 0 Å². The van der Waals surface area contributed by atoms with Gasteiger partial charge in [0.15, 0.2) is 0 Å². The average Bonchev–Trinajstić information content (AvgIpc) is 2.66. The van der Waals surface area contributed by atoms with E-state index in [0.29, 0.717) is 12.1 Å². The molecule has 0 fully saturated rings. The molecule has 0 radical (unpaired) electrons. The first-order valence-electron chi connectivity index (χ1n) is 8.52. The van der Waals surface area contributed by atoms with Crippen molar-refractivity contribution in [3.05, 3.63) is 78.0 Å². The summed E-state index contributed by atoms with van der Waals surface area (Å²) in [6.07, 6.45) is 0.976. The SMILES string of the molecule is O=C(CCc1ccccc1)N[C@H](Cc1ccc2ccccc2n1)C(=O)O. The number of para-hydroxylation sites is 1. The second kappa shape index (κ2) is 8.25. The van der Waals surface area contributed by atoms with Crippen molar-refractivity contribution in [3.8, 4) is 0 Å². The zero-order valence-electron chi connectivity index (χ0n) is 14.3. The monoisotopic (exact) mass is 348 g/mol. The van der Waals surface area contributed by atoms with Gasteiger partial charge >= 0.3 is 5.97 Å². The van der Waals surface area contributed by atoms with Crippen LogP contribution in [0, 0.1) is 0 Å². The molecule has 1 atom stereocenters. The quantitative estimate of drug-likeness (QED) is 0.688. The molecule has 0 saturated heterocycles. The van der Waals surface area contributed by atoms with Crippen LogP contribution in [-0.4, -0.2) is 28.0 Å². The molecule has 1 heterocycles. The number of hydrogen-bond acceptors (Lipinski definition) is 3. The van der Waals surface area contributed by atoms with Crippen molar-refractivity contribution < 1.29 is 14.7 Å². The molecule has 0 aliphatic heterocycles. The van der Waals surface area contributed by atoms with Crippen LogP contribution in [0.1, 0.15) is 17.7 Å². The van der Waals surface area contributed by atoms with Gasteiger partial charge in [0.1, 0.15) is 6.04 Å². The number of carbonyl (C=O) groups is 2. The van der Waals surface area contributed by atoms with Crippen molar-refractivity contribution in [2.45, 2.75) is 25.3 Å². The van der Waals surface area contributed by atoms with Crippen molar-refractivity contribution in [2.75, 3.05) is 0 Å². The molecule has 0 unspecified atom stereocenters. The lowest BCUT2D eigenvalue weighted by molar-refractivity contribution is -0.141. The van der Waals surface area contributed by atoms with Gasteiger partial charge in [-0.05, 0) is 24.1 Å². The van der Waals surface area contributed by atoms with E-state index in [1.165, 1.54) is 0 Å². The van der Waals surface area contributed by atoms with E-state index in [1.54, 1.807) is 6.07 Å². The Labute approximate surface area is 151 Å². The highest BCUT2D eigenvalue weighted by atomic mass is 16.4. The molecule has 0 aliphatic carbocycles. The molecule has 2 N–H and O–H groups in total. The Bertz CT molecular complexity index is 909. The molecule has 0 saturated carbocycles. The third-order valence-electron chi connectivity index (χ3n) is 4.19. The average molecular weight is 348 g/mol. The highest BCUT2D eigenvalue weighted by molar-refractivity contribution is 5.84. The Morgan fingerprint density at radius 3 is 2.46 bits per heavy atom. The summed E-state index contributed by atoms with van der Waals surface area (Å²) >= 11 is 0. The van der Waals surface area contributed by atoms with Gasteiger partial charge in [0.2, 0.25) is 5.91 Å². The molecular formula is C21H20N2O3. The number of carboxylic acids is 1. The molecule has 3 aromatic rings. The first-order chi connectivity index (χ1) is 12.6. The van der Waals surface area contributed by atoms with E-state index >= 15 is 0 Å². The van der Waals surface area contributed by atoms with E-state index < -0.39 is 12.0 Å². The van der Waals surface area contributed by atoms with E-state index in [4.69, 9.17) is 0 Å². The summed E-state index contributed by atoms with van der Waals surface area (Å²) in [6.45, 7) is 0. The van der Waals surface area contributed by atoms with Crippen molar-refractivity contribution >= 4 is 22.8 Å². The minimum Gasteiger partial charge on any atom is -0.480 e. The number of nitrogens with zero attached hydrogens (tertiary/aromatic N) is 1. The van der Waals surface area contributed by atoms with Crippen LogP contribution in [0.4, 0.5) is 0 Å². The van der Waals surface area contributed by atoms with Crippen LogP contribution in [0.15, 0.2) is 66.7 Å². The molecule has 2 aromatic carbocycles. The second-order valence-corrected chi connectivity index (χ2v) is 6.14. The van der Waals surface area contributed by atoms with Crippen LogP contribution in [0.25, 0.3) is 10.9 Å². The number of carbonyl (C=O) groups excluding carboxylic acids is 1. The lowest BCUT2D eigenvalue weighted by Crippen LogP contribution is -2.42. The fourth-order valence-corrected chi connectivity index (χ4v) is 2.80. The minimum atomic E-state index is -1.06. The van der Waals surface area contributed by atoms with Crippen molar-refractivity contribution in [3.63, 3.8) is 0 Å². The van der Waals surface area contributed by atoms with Crippen molar-refractivity contribution in [1.29, 1.82) is 0 Å². The lowest BCUT2D eigenvalue weighted by atomic mass is 10.1. The van der Waals surface area contributed by atoms with Gasteiger partial charge in [-0.1, -0.05) is 54.6 Å². The van der Waals surface area contributed by atoms with Gasteiger partial charge < -0.3 is 10.4 Å². The number of pyridine rings is 1. The first kappa shape index (κ1) is 17.6. The van der Waals surface area contributed by atoms with E-state index in [2.05, 4.69) is 10.3 Å². The molecule has 1 amide bonds. The van der Waals surface area contributed by atoms with Gasteiger partial charge in [-0.25, -0.2) is 4.79 Å². The fraction of sp³-hybridized carbons (Fsp3) is 0.190. The fourth-order valence-electron chi connectivity index (χ4n) is 2.80. The summed E-state index contributed by atoms with van der Waals surface area (Å²) in [6, 6.07) is 20.0. The number of nitrogens with one attached hydrogen (secondary N) is 1. The van der Waals surface area contributed by atoms with E-state index in [1.807, 2.05) is 60.7 Å². The van der Waals surface area contributed by atoms with Gasteiger partial charge in [-0.2, -0.15) is 0 Å². The summed E-state index contributed by atoms with van der Waals surface area (Å²) in [4.78, 5) is 28.2. The van der Waals surface area contributed by atoms with Crippen LogP contribution < -0.4 is 5.32 Å². The Kier molecular flexibility index (Phi) is 5.59. The number of aliphatic carboxylic acids is 1. The zero-order valence-corrected chi connectivity index (χ0v) is 14.3. The largest absolute Gasteiger partial charge is 0.480 e. The Morgan fingerprint density at radius 2 is 1.69 bits per heavy atom. The number of fused-ring (bicyclic) bond motifs is 1. The topological polar surface area (TPSA) is 79.3 Å². The highest BCUT2D eigenvalue weighted by Crippen LogP contribution is 2.13. The predicted octanol–water partition coefficient (Wildman–Crippen LogP) is 2.98. The Balaban J connectivity index is 1.62. The molecule has 5 heteroatoms. The summed E-state index contributed by atoms with van der Waals surface area (Å²) in [5.74, 6) is -1.34.